The van der Waals surface area contributed by atoms with Crippen molar-refractivity contribution in [3.8, 4) is 0 Å². The fourth-order valence-corrected chi connectivity index (χ4v) is 6.28. The van der Waals surface area contributed by atoms with Crippen molar-refractivity contribution in [2.75, 3.05) is 6.54 Å². The molecule has 1 aromatic rings. The lowest BCUT2D eigenvalue weighted by Crippen LogP contribution is -2.59. The molecular weight excluding hydrogens is 478 g/mol. The van der Waals surface area contributed by atoms with Crippen LogP contribution in [-0.2, 0) is 21.4 Å². The molecule has 1 saturated heterocycles. The smallest absolute Gasteiger partial charge is 0.311 e. The summed E-state index contributed by atoms with van der Waals surface area (Å²) in [4.78, 5) is 41.0. The van der Waals surface area contributed by atoms with Gasteiger partial charge in [0.15, 0.2) is 0 Å². The number of benzene rings is 1. The Bertz CT molecular complexity index is 1040. The van der Waals surface area contributed by atoms with Gasteiger partial charge < -0.3 is 20.6 Å². The molecule has 0 aromatic heterocycles. The average molecular weight is 528 g/mol. The molecule has 7 nitrogen and oxygen atoms in total. The van der Waals surface area contributed by atoms with E-state index in [4.69, 9.17) is 0 Å². The monoisotopic (exact) mass is 527 g/mol. The topological polar surface area (TPSA) is 98.7 Å². The highest BCUT2D eigenvalue weighted by atomic mass is 16.4. The third kappa shape index (κ3) is 6.77. The molecule has 1 aliphatic heterocycles. The van der Waals surface area contributed by atoms with Gasteiger partial charge in [-0.2, -0.15) is 0 Å². The van der Waals surface area contributed by atoms with Crippen molar-refractivity contribution < 1.29 is 19.5 Å². The van der Waals surface area contributed by atoms with E-state index in [1.165, 1.54) is 5.56 Å². The van der Waals surface area contributed by atoms with E-state index in [9.17, 15) is 19.5 Å². The number of nitrogens with zero attached hydrogens (tertiary/aromatic N) is 1. The summed E-state index contributed by atoms with van der Waals surface area (Å²) in [6.07, 6.45) is 5.58. The Hall–Kier alpha value is -2.41. The summed E-state index contributed by atoms with van der Waals surface area (Å²) in [5, 5.41) is 16.7. The zero-order valence-electron chi connectivity index (χ0n) is 24.7. The van der Waals surface area contributed by atoms with Crippen LogP contribution >= 0.6 is 0 Å². The zero-order valence-corrected chi connectivity index (χ0v) is 24.7. The number of aryl methyl sites for hydroxylation is 1. The van der Waals surface area contributed by atoms with Gasteiger partial charge in [-0.05, 0) is 94.9 Å². The van der Waals surface area contributed by atoms with Gasteiger partial charge in [-0.25, -0.2) is 0 Å². The minimum absolute atomic E-state index is 0.0814. The first-order valence-electron chi connectivity index (χ1n) is 14.3. The zero-order chi connectivity index (χ0) is 28.5. The lowest BCUT2D eigenvalue weighted by molar-refractivity contribution is -0.158. The lowest BCUT2D eigenvalue weighted by atomic mass is 9.68. The van der Waals surface area contributed by atoms with Gasteiger partial charge in [0.2, 0.25) is 5.91 Å². The SMILES string of the molecule is CCCCc1ccc(C(=O)N[C@H]2CCN([C@H]3CC[C@@H](NC(C)(C)C)C[C@@]3(C)C(=O)O)C2=O)cc1C(C)(C)C. The molecule has 212 valence electrons. The van der Waals surface area contributed by atoms with Crippen LogP contribution in [0.15, 0.2) is 18.2 Å². The van der Waals surface area contributed by atoms with Crippen molar-refractivity contribution in [2.24, 2.45) is 5.41 Å². The molecule has 2 amide bonds. The molecule has 2 fully saturated rings. The summed E-state index contributed by atoms with van der Waals surface area (Å²) in [7, 11) is 0. The number of rotatable bonds is 8. The van der Waals surface area contributed by atoms with Crippen LogP contribution in [0.5, 0.6) is 0 Å². The van der Waals surface area contributed by atoms with E-state index in [1.807, 2.05) is 12.1 Å². The molecule has 4 atom stereocenters. The highest BCUT2D eigenvalue weighted by Crippen LogP contribution is 2.41. The van der Waals surface area contributed by atoms with Crippen LogP contribution in [-0.4, -0.2) is 58.0 Å². The van der Waals surface area contributed by atoms with E-state index < -0.39 is 23.5 Å². The number of aliphatic carboxylic acids is 1. The largest absolute Gasteiger partial charge is 0.481 e. The Morgan fingerprint density at radius 2 is 1.79 bits per heavy atom. The molecule has 0 radical (unpaired) electrons. The van der Waals surface area contributed by atoms with Crippen molar-refractivity contribution in [1.82, 2.24) is 15.5 Å². The molecule has 2 aliphatic rings. The van der Waals surface area contributed by atoms with Crippen molar-refractivity contribution in [3.63, 3.8) is 0 Å². The van der Waals surface area contributed by atoms with Crippen molar-refractivity contribution in [3.05, 3.63) is 34.9 Å². The highest BCUT2D eigenvalue weighted by molar-refractivity contribution is 5.98. The Labute approximate surface area is 229 Å². The number of carboxylic acid groups (broad SMARTS) is 1. The fraction of sp³-hybridized carbons (Fsp3) is 0.710. The maximum absolute atomic E-state index is 13.5. The van der Waals surface area contributed by atoms with Gasteiger partial charge >= 0.3 is 5.97 Å². The molecule has 7 heteroatoms. The van der Waals surface area contributed by atoms with E-state index in [1.54, 1.807) is 11.8 Å². The molecule has 1 heterocycles. The summed E-state index contributed by atoms with van der Waals surface area (Å²) in [5.74, 6) is -1.30. The van der Waals surface area contributed by atoms with Gasteiger partial charge in [0.1, 0.15) is 6.04 Å². The number of likely N-dealkylation sites (tertiary alicyclic amines) is 1. The Morgan fingerprint density at radius 1 is 1.11 bits per heavy atom. The van der Waals surface area contributed by atoms with Gasteiger partial charge in [0.25, 0.3) is 5.91 Å². The van der Waals surface area contributed by atoms with E-state index in [2.05, 4.69) is 65.2 Å². The quantitative estimate of drug-likeness (QED) is 0.439. The molecule has 0 bridgehead atoms. The summed E-state index contributed by atoms with van der Waals surface area (Å²) in [6.45, 7) is 17.1. The Balaban J connectivity index is 1.74. The van der Waals surface area contributed by atoms with Crippen LogP contribution in [0.4, 0.5) is 0 Å². The first kappa shape index (κ1) is 30.1. The predicted molar refractivity (Wildman–Crippen MR) is 151 cm³/mol. The van der Waals surface area contributed by atoms with Gasteiger partial charge in [-0.3, -0.25) is 14.4 Å². The van der Waals surface area contributed by atoms with E-state index in [0.717, 1.165) is 31.2 Å². The molecule has 38 heavy (non-hydrogen) atoms. The van der Waals surface area contributed by atoms with Crippen molar-refractivity contribution >= 4 is 17.8 Å². The van der Waals surface area contributed by atoms with Gasteiger partial charge in [0, 0.05) is 29.7 Å². The lowest BCUT2D eigenvalue weighted by Gasteiger charge is -2.47. The minimum Gasteiger partial charge on any atom is -0.481 e. The number of hydrogen-bond donors (Lipinski definition) is 3. The second-order valence-corrected chi connectivity index (χ2v) is 13.7. The van der Waals surface area contributed by atoms with Gasteiger partial charge in [0.05, 0.1) is 5.41 Å². The number of amides is 2. The van der Waals surface area contributed by atoms with Crippen LogP contribution < -0.4 is 10.6 Å². The van der Waals surface area contributed by atoms with E-state index in [-0.39, 0.29) is 28.8 Å². The molecular formula is C31H49N3O4. The number of nitrogens with one attached hydrogen (secondary N) is 2. The van der Waals surface area contributed by atoms with Gasteiger partial charge in [-0.1, -0.05) is 40.2 Å². The molecule has 0 unspecified atom stereocenters. The Morgan fingerprint density at radius 3 is 2.37 bits per heavy atom. The highest BCUT2D eigenvalue weighted by Gasteiger charge is 2.52. The van der Waals surface area contributed by atoms with Crippen LogP contribution in [0.3, 0.4) is 0 Å². The van der Waals surface area contributed by atoms with Gasteiger partial charge in [-0.15, -0.1) is 0 Å². The Kier molecular flexibility index (Phi) is 9.02. The first-order chi connectivity index (χ1) is 17.6. The van der Waals surface area contributed by atoms with Crippen LogP contribution in [0.1, 0.15) is 115 Å². The number of carbonyl (C=O) groups excluding carboxylic acids is 2. The van der Waals surface area contributed by atoms with E-state index in [0.29, 0.717) is 31.4 Å². The minimum atomic E-state index is -1.05. The standard InChI is InChI=1S/C31H49N3O4/c1-9-10-11-20-12-13-21(18-23(20)29(2,3)4)26(35)32-24-16-17-34(27(24)36)25-15-14-22(33-30(5,6)7)19-31(25,8)28(37)38/h12-13,18,22,24-25,33H,9-11,14-17,19H2,1-8H3,(H,32,35)(H,37,38)/t22-,24+,25+,31-/m1/s1. The summed E-state index contributed by atoms with van der Waals surface area (Å²) in [6, 6.07) is 4.94. The van der Waals surface area contributed by atoms with Crippen LogP contribution in [0.25, 0.3) is 0 Å². The second-order valence-electron chi connectivity index (χ2n) is 13.7. The fourth-order valence-electron chi connectivity index (χ4n) is 6.28. The summed E-state index contributed by atoms with van der Waals surface area (Å²) >= 11 is 0. The number of carboxylic acids is 1. The maximum atomic E-state index is 13.5. The average Bonchev–Trinajstić information content (AvgIpc) is 3.15. The number of carbonyl (C=O) groups is 3. The second kappa shape index (κ2) is 11.4. The predicted octanol–water partition coefficient (Wildman–Crippen LogP) is 5.06. The summed E-state index contributed by atoms with van der Waals surface area (Å²) in [5.41, 5.74) is 1.73. The van der Waals surface area contributed by atoms with Crippen molar-refractivity contribution in [1.29, 1.82) is 0 Å². The molecule has 3 rings (SSSR count). The maximum Gasteiger partial charge on any atom is 0.311 e. The summed E-state index contributed by atoms with van der Waals surface area (Å²) < 4.78 is 0. The molecule has 1 aromatic carbocycles. The number of hydrogen-bond acceptors (Lipinski definition) is 4. The third-order valence-corrected chi connectivity index (χ3v) is 8.22. The number of unbranched alkanes of at least 4 members (excludes halogenated alkanes) is 1. The third-order valence-electron chi connectivity index (χ3n) is 8.22. The molecule has 0 spiro atoms. The molecule has 3 N–H and O–H groups in total. The normalized spacial score (nSPS) is 26.5. The molecule has 1 saturated carbocycles. The van der Waals surface area contributed by atoms with Crippen LogP contribution in [0.2, 0.25) is 0 Å². The van der Waals surface area contributed by atoms with Crippen molar-refractivity contribution in [2.45, 2.75) is 129 Å². The first-order valence-corrected chi connectivity index (χ1v) is 14.3. The van der Waals surface area contributed by atoms with E-state index >= 15 is 0 Å². The molecule has 1 aliphatic carbocycles. The van der Waals surface area contributed by atoms with Crippen LogP contribution in [0, 0.1) is 5.41 Å².